The average molecular weight is 178 g/mol. The summed E-state index contributed by atoms with van der Waals surface area (Å²) in [5.41, 5.74) is 0.985. The van der Waals surface area contributed by atoms with Crippen molar-refractivity contribution in [3.05, 3.63) is 11.8 Å². The molecule has 1 rings (SSSR count). The van der Waals surface area contributed by atoms with Crippen LogP contribution in [0.2, 0.25) is 0 Å². The quantitative estimate of drug-likeness (QED) is 0.664. The minimum absolute atomic E-state index is 0.0607. The van der Waals surface area contributed by atoms with Crippen molar-refractivity contribution in [1.29, 1.82) is 5.26 Å². The molecule has 1 N–H and O–H groups in total. The molecule has 0 aliphatic carbocycles. The van der Waals surface area contributed by atoms with Gasteiger partial charge >= 0.3 is 0 Å². The molecule has 0 bridgehead atoms. The van der Waals surface area contributed by atoms with Gasteiger partial charge in [0.25, 0.3) is 0 Å². The van der Waals surface area contributed by atoms with Gasteiger partial charge < -0.3 is 5.32 Å². The summed E-state index contributed by atoms with van der Waals surface area (Å²) in [5, 5.41) is 11.8. The molecule has 1 unspecified atom stereocenters. The van der Waals surface area contributed by atoms with Crippen molar-refractivity contribution in [2.45, 2.75) is 26.2 Å². The second-order valence-corrected chi connectivity index (χ2v) is 3.19. The fourth-order valence-electron chi connectivity index (χ4n) is 1.37. The van der Waals surface area contributed by atoms with Crippen molar-refractivity contribution in [1.82, 2.24) is 5.32 Å². The summed E-state index contributed by atoms with van der Waals surface area (Å²) in [6.07, 6.45) is 4.21. The van der Waals surface area contributed by atoms with Crippen LogP contribution in [-0.4, -0.2) is 12.3 Å². The molecule has 1 aliphatic heterocycles. The van der Waals surface area contributed by atoms with Crippen molar-refractivity contribution >= 4 is 5.78 Å². The third-order valence-electron chi connectivity index (χ3n) is 2.20. The number of hydrogen-bond acceptors (Lipinski definition) is 3. The SMILES string of the molecule is CCC(C#N)C(=O)/C=C1\CCCN1. The second-order valence-electron chi connectivity index (χ2n) is 3.19. The number of carbonyl (C=O) groups is 1. The van der Waals surface area contributed by atoms with Crippen LogP contribution in [0.15, 0.2) is 11.8 Å². The van der Waals surface area contributed by atoms with Crippen LogP contribution in [0.1, 0.15) is 26.2 Å². The molecule has 1 saturated heterocycles. The number of hydrogen-bond donors (Lipinski definition) is 1. The van der Waals surface area contributed by atoms with E-state index >= 15 is 0 Å². The van der Waals surface area contributed by atoms with E-state index in [2.05, 4.69) is 5.32 Å². The summed E-state index contributed by atoms with van der Waals surface area (Å²) in [7, 11) is 0. The Kier molecular flexibility index (Phi) is 3.51. The standard InChI is InChI=1S/C10H14N2O/c1-2-8(7-11)10(13)6-9-4-3-5-12-9/h6,8,12H,2-5H2,1H3/b9-6+. The first-order chi connectivity index (χ1) is 6.27. The minimum atomic E-state index is -0.463. The maximum Gasteiger partial charge on any atom is 0.174 e. The van der Waals surface area contributed by atoms with Gasteiger partial charge in [0, 0.05) is 18.3 Å². The van der Waals surface area contributed by atoms with Crippen LogP contribution in [0.5, 0.6) is 0 Å². The summed E-state index contributed by atoms with van der Waals surface area (Å²) in [6, 6.07) is 2.00. The Morgan fingerprint density at radius 2 is 2.62 bits per heavy atom. The first-order valence-electron chi connectivity index (χ1n) is 4.65. The van der Waals surface area contributed by atoms with Gasteiger partial charge in [0.15, 0.2) is 5.78 Å². The first-order valence-corrected chi connectivity index (χ1v) is 4.65. The van der Waals surface area contributed by atoms with Gasteiger partial charge in [-0.25, -0.2) is 0 Å². The molecule has 0 aromatic carbocycles. The Labute approximate surface area is 78.4 Å². The van der Waals surface area contributed by atoms with Crippen LogP contribution in [0.4, 0.5) is 0 Å². The molecule has 0 radical (unpaired) electrons. The van der Waals surface area contributed by atoms with Crippen LogP contribution < -0.4 is 5.32 Å². The fraction of sp³-hybridized carbons (Fsp3) is 0.600. The number of ketones is 1. The molecule has 0 saturated carbocycles. The van der Waals surface area contributed by atoms with Crippen LogP contribution in [0.25, 0.3) is 0 Å². The lowest BCUT2D eigenvalue weighted by Crippen LogP contribution is -2.12. The van der Waals surface area contributed by atoms with E-state index in [0.29, 0.717) is 6.42 Å². The molecular weight excluding hydrogens is 164 g/mol. The van der Waals surface area contributed by atoms with Gasteiger partial charge in [-0.05, 0) is 19.3 Å². The molecule has 0 aromatic rings. The van der Waals surface area contributed by atoms with E-state index in [0.717, 1.165) is 25.1 Å². The van der Waals surface area contributed by atoms with E-state index in [1.807, 2.05) is 13.0 Å². The molecule has 0 amide bonds. The molecule has 0 spiro atoms. The van der Waals surface area contributed by atoms with Crippen molar-refractivity contribution < 1.29 is 4.79 Å². The van der Waals surface area contributed by atoms with Gasteiger partial charge in [0.2, 0.25) is 0 Å². The molecule has 1 fully saturated rings. The normalized spacial score (nSPS) is 20.8. The molecular formula is C10H14N2O. The lowest BCUT2D eigenvalue weighted by Gasteiger charge is -2.01. The molecule has 70 valence electrons. The van der Waals surface area contributed by atoms with Gasteiger partial charge in [-0.2, -0.15) is 5.26 Å². The van der Waals surface area contributed by atoms with E-state index < -0.39 is 5.92 Å². The highest BCUT2D eigenvalue weighted by Crippen LogP contribution is 2.11. The first kappa shape index (κ1) is 9.79. The van der Waals surface area contributed by atoms with Crippen molar-refractivity contribution in [3.8, 4) is 6.07 Å². The van der Waals surface area contributed by atoms with E-state index in [1.54, 1.807) is 6.08 Å². The Hall–Kier alpha value is -1.30. The number of allylic oxidation sites excluding steroid dienone is 2. The summed E-state index contributed by atoms with van der Waals surface area (Å²) < 4.78 is 0. The van der Waals surface area contributed by atoms with Gasteiger partial charge in [0.1, 0.15) is 5.92 Å². The average Bonchev–Trinajstić information content (AvgIpc) is 2.59. The summed E-state index contributed by atoms with van der Waals surface area (Å²) in [5.74, 6) is -0.524. The summed E-state index contributed by atoms with van der Waals surface area (Å²) in [6.45, 7) is 2.80. The Bertz CT molecular complexity index is 255. The largest absolute Gasteiger partial charge is 0.388 e. The monoisotopic (exact) mass is 178 g/mol. The lowest BCUT2D eigenvalue weighted by molar-refractivity contribution is -0.116. The predicted molar refractivity (Wildman–Crippen MR) is 49.7 cm³/mol. The van der Waals surface area contributed by atoms with E-state index in [1.165, 1.54) is 0 Å². The molecule has 13 heavy (non-hydrogen) atoms. The smallest absolute Gasteiger partial charge is 0.174 e. The van der Waals surface area contributed by atoms with E-state index in [4.69, 9.17) is 5.26 Å². The van der Waals surface area contributed by atoms with Crippen molar-refractivity contribution in [3.63, 3.8) is 0 Å². The molecule has 1 heterocycles. The Morgan fingerprint density at radius 3 is 3.08 bits per heavy atom. The minimum Gasteiger partial charge on any atom is -0.388 e. The number of nitrogens with one attached hydrogen (secondary N) is 1. The zero-order valence-corrected chi connectivity index (χ0v) is 7.84. The second kappa shape index (κ2) is 4.66. The summed E-state index contributed by atoms with van der Waals surface area (Å²) >= 11 is 0. The molecule has 1 aliphatic rings. The Morgan fingerprint density at radius 1 is 1.85 bits per heavy atom. The van der Waals surface area contributed by atoms with Crippen LogP contribution >= 0.6 is 0 Å². The summed E-state index contributed by atoms with van der Waals surface area (Å²) in [4.78, 5) is 11.4. The highest BCUT2D eigenvalue weighted by atomic mass is 16.1. The fourth-order valence-corrected chi connectivity index (χ4v) is 1.37. The third-order valence-corrected chi connectivity index (χ3v) is 2.20. The highest BCUT2D eigenvalue weighted by Gasteiger charge is 2.15. The van der Waals surface area contributed by atoms with E-state index in [9.17, 15) is 4.79 Å². The lowest BCUT2D eigenvalue weighted by atomic mass is 10.0. The number of rotatable bonds is 3. The maximum absolute atomic E-state index is 11.4. The van der Waals surface area contributed by atoms with Gasteiger partial charge in [-0.3, -0.25) is 4.79 Å². The van der Waals surface area contributed by atoms with Crippen LogP contribution in [0.3, 0.4) is 0 Å². The molecule has 1 atom stereocenters. The topological polar surface area (TPSA) is 52.9 Å². The zero-order chi connectivity index (χ0) is 9.68. The van der Waals surface area contributed by atoms with E-state index in [-0.39, 0.29) is 5.78 Å². The predicted octanol–water partition coefficient (Wildman–Crippen LogP) is 1.37. The number of nitriles is 1. The third kappa shape index (κ3) is 2.59. The van der Waals surface area contributed by atoms with Gasteiger partial charge in [-0.1, -0.05) is 6.92 Å². The zero-order valence-electron chi connectivity index (χ0n) is 7.84. The highest BCUT2D eigenvalue weighted by molar-refractivity contribution is 5.94. The maximum atomic E-state index is 11.4. The molecule has 3 nitrogen and oxygen atoms in total. The van der Waals surface area contributed by atoms with Gasteiger partial charge in [-0.15, -0.1) is 0 Å². The number of carbonyl (C=O) groups excluding carboxylic acids is 1. The molecule has 3 heteroatoms. The van der Waals surface area contributed by atoms with Crippen molar-refractivity contribution in [2.75, 3.05) is 6.54 Å². The molecule has 0 aromatic heterocycles. The Balaban J connectivity index is 2.57. The number of nitrogens with zero attached hydrogens (tertiary/aromatic N) is 1. The van der Waals surface area contributed by atoms with Crippen molar-refractivity contribution in [2.24, 2.45) is 5.92 Å². The van der Waals surface area contributed by atoms with Crippen LogP contribution in [-0.2, 0) is 4.79 Å². The van der Waals surface area contributed by atoms with Gasteiger partial charge in [0.05, 0.1) is 6.07 Å². The van der Waals surface area contributed by atoms with Crippen LogP contribution in [0, 0.1) is 17.2 Å².